The first-order chi connectivity index (χ1) is 16.8. The Morgan fingerprint density at radius 2 is 1.53 bits per heavy atom. The number of nitrogens with two attached hydrogens (primary N) is 2. The summed E-state index contributed by atoms with van der Waals surface area (Å²) in [6, 6.07) is 3.18. The molecule has 0 aliphatic heterocycles. The number of H-pyrrole nitrogens is 1. The average molecular weight is 537 g/mol. The number of rotatable bonds is 14. The smallest absolute Gasteiger partial charge is 0.432 e. The Kier molecular flexibility index (Phi) is 12.9. The molecule has 0 saturated carbocycles. The predicted molar refractivity (Wildman–Crippen MR) is 123 cm³/mol. The standard InChI is InChI=1S/C20H33N4O11P/c1-12(2)34-19(26)29-9-32-36(28,33-10-30-20(27)35-13(3)4)11-31-14(5)8-15-6-7-16(23-15)17(25)24-18(21)22/h6-7,12-14,23H,8-11H2,1-5H3,(H4,21,22,24,25)/p+1. The van der Waals surface area contributed by atoms with Crippen molar-refractivity contribution >= 4 is 31.8 Å². The van der Waals surface area contributed by atoms with Crippen molar-refractivity contribution in [2.24, 2.45) is 5.73 Å². The van der Waals surface area contributed by atoms with Crippen LogP contribution in [0.4, 0.5) is 9.59 Å². The molecule has 1 rings (SSSR count). The van der Waals surface area contributed by atoms with E-state index in [-0.39, 0.29) is 18.1 Å². The minimum atomic E-state index is -4.08. The van der Waals surface area contributed by atoms with Gasteiger partial charge in [-0.2, -0.15) is 0 Å². The van der Waals surface area contributed by atoms with E-state index in [2.05, 4.69) is 10.3 Å². The van der Waals surface area contributed by atoms with E-state index in [1.165, 1.54) is 6.07 Å². The van der Waals surface area contributed by atoms with Gasteiger partial charge in [0.05, 0.1) is 18.3 Å². The molecule has 15 nitrogen and oxygen atoms in total. The molecule has 0 radical (unpaired) electrons. The number of carbonyl (C=O) groups excluding carboxylic acids is 3. The first-order valence-electron chi connectivity index (χ1n) is 10.8. The Labute approximate surface area is 208 Å². The van der Waals surface area contributed by atoms with E-state index in [1.807, 2.05) is 0 Å². The number of ether oxygens (including phenoxy) is 5. The van der Waals surface area contributed by atoms with Gasteiger partial charge < -0.3 is 28.7 Å². The first kappa shape index (κ1) is 30.9. The molecule has 16 heteroatoms. The molecule has 1 amide bonds. The van der Waals surface area contributed by atoms with Crippen molar-refractivity contribution in [2.75, 3.05) is 19.9 Å². The van der Waals surface area contributed by atoms with Crippen LogP contribution in [-0.4, -0.2) is 67.4 Å². The van der Waals surface area contributed by atoms with Gasteiger partial charge in [-0.1, -0.05) is 0 Å². The first-order valence-corrected chi connectivity index (χ1v) is 12.6. The second-order valence-electron chi connectivity index (χ2n) is 7.84. The lowest BCUT2D eigenvalue weighted by atomic mass is 10.2. The number of amides is 1. The summed E-state index contributed by atoms with van der Waals surface area (Å²) < 4.78 is 47.8. The van der Waals surface area contributed by atoms with E-state index >= 15 is 0 Å². The zero-order chi connectivity index (χ0) is 27.3. The van der Waals surface area contributed by atoms with E-state index in [4.69, 9.17) is 43.9 Å². The van der Waals surface area contributed by atoms with Crippen LogP contribution in [0.25, 0.3) is 0 Å². The molecule has 0 fully saturated rings. The number of aromatic amines is 1. The highest BCUT2D eigenvalue weighted by Crippen LogP contribution is 2.48. The van der Waals surface area contributed by atoms with Crippen molar-refractivity contribution in [3.05, 3.63) is 23.5 Å². The quantitative estimate of drug-likeness (QED) is 0.0860. The molecule has 204 valence electrons. The molecule has 1 atom stereocenters. The van der Waals surface area contributed by atoms with Crippen LogP contribution >= 0.6 is 7.60 Å². The zero-order valence-electron chi connectivity index (χ0n) is 20.8. The van der Waals surface area contributed by atoms with Crippen molar-refractivity contribution in [1.82, 2.24) is 10.3 Å². The van der Waals surface area contributed by atoms with Crippen LogP contribution in [0.5, 0.6) is 0 Å². The molecule has 0 spiro atoms. The molecule has 0 bridgehead atoms. The highest BCUT2D eigenvalue weighted by atomic mass is 31.2. The van der Waals surface area contributed by atoms with Gasteiger partial charge in [0.25, 0.3) is 0 Å². The highest BCUT2D eigenvalue weighted by molar-refractivity contribution is 7.53. The summed E-state index contributed by atoms with van der Waals surface area (Å²) in [5.41, 5.74) is 6.10. The van der Waals surface area contributed by atoms with Gasteiger partial charge in [-0.3, -0.25) is 24.8 Å². The van der Waals surface area contributed by atoms with E-state index in [1.54, 1.807) is 40.7 Å². The minimum Gasteiger partial charge on any atom is -0.432 e. The molecule has 6 N–H and O–H groups in total. The Balaban J connectivity index is 2.68. The summed E-state index contributed by atoms with van der Waals surface area (Å²) in [6.07, 6.45) is -3.78. The molecule has 0 aromatic carbocycles. The molecule has 1 aromatic heterocycles. The fraction of sp³-hybridized carbons (Fsp3) is 0.600. The largest absolute Gasteiger partial charge is 0.510 e. The van der Waals surface area contributed by atoms with Gasteiger partial charge >= 0.3 is 31.8 Å². The number of hydrogen-bond donors (Lipinski definition) is 4. The van der Waals surface area contributed by atoms with Crippen molar-refractivity contribution in [3.63, 3.8) is 0 Å². The van der Waals surface area contributed by atoms with E-state index in [0.29, 0.717) is 5.69 Å². The van der Waals surface area contributed by atoms with Crippen molar-refractivity contribution in [3.8, 4) is 0 Å². The lowest BCUT2D eigenvalue weighted by molar-refractivity contribution is -0.119. The fourth-order valence-electron chi connectivity index (χ4n) is 2.35. The van der Waals surface area contributed by atoms with Crippen LogP contribution in [0.2, 0.25) is 0 Å². The molecule has 1 unspecified atom stereocenters. The molecule has 0 aliphatic rings. The Hall–Kier alpha value is -3.13. The highest BCUT2D eigenvalue weighted by Gasteiger charge is 2.29. The summed E-state index contributed by atoms with van der Waals surface area (Å²) >= 11 is 0. The summed E-state index contributed by atoms with van der Waals surface area (Å²) in [7, 11) is -4.08. The third-order valence-corrected chi connectivity index (χ3v) is 5.25. The van der Waals surface area contributed by atoms with Gasteiger partial charge in [-0.15, -0.1) is 0 Å². The molecule has 36 heavy (non-hydrogen) atoms. The van der Waals surface area contributed by atoms with Crippen LogP contribution in [-0.2, 0) is 43.7 Å². The Morgan fingerprint density at radius 1 is 1.00 bits per heavy atom. The number of hydrogen-bond acceptors (Lipinski definition) is 11. The topological polar surface area (TPSA) is 212 Å². The van der Waals surface area contributed by atoms with Gasteiger partial charge in [0.1, 0.15) is 12.0 Å². The summed E-state index contributed by atoms with van der Waals surface area (Å²) in [4.78, 5) is 37.8. The zero-order valence-corrected chi connectivity index (χ0v) is 21.7. The summed E-state index contributed by atoms with van der Waals surface area (Å²) in [5.74, 6) is -0.764. The van der Waals surface area contributed by atoms with Crippen molar-refractivity contribution in [1.29, 1.82) is 0 Å². The van der Waals surface area contributed by atoms with Gasteiger partial charge in [0, 0.05) is 12.1 Å². The van der Waals surface area contributed by atoms with E-state index < -0.39 is 64.1 Å². The number of aromatic nitrogens is 1. The molecule has 1 heterocycles. The number of nitrogens with one attached hydrogen (secondary N) is 2. The van der Waals surface area contributed by atoms with Crippen molar-refractivity contribution < 1.29 is 57.1 Å². The summed E-state index contributed by atoms with van der Waals surface area (Å²) in [6.45, 7) is 6.59. The van der Waals surface area contributed by atoms with Gasteiger partial charge in [0.15, 0.2) is 0 Å². The van der Waals surface area contributed by atoms with Gasteiger partial charge in [-0.25, -0.2) is 19.7 Å². The normalized spacial score (nSPS) is 12.2. The van der Waals surface area contributed by atoms with Crippen LogP contribution in [0.1, 0.15) is 50.8 Å². The van der Waals surface area contributed by atoms with Gasteiger partial charge in [-0.05, 0) is 46.8 Å². The lowest BCUT2D eigenvalue weighted by Crippen LogP contribution is -2.56. The lowest BCUT2D eigenvalue weighted by Gasteiger charge is -2.20. The van der Waals surface area contributed by atoms with Crippen LogP contribution in [0.15, 0.2) is 12.1 Å². The van der Waals surface area contributed by atoms with E-state index in [9.17, 15) is 18.9 Å². The molecular formula is C20H34N4O11P+. The summed E-state index contributed by atoms with van der Waals surface area (Å²) in [5, 5.41) is 7.51. The SMILES string of the molecule is CC(C)OC(=O)OCOP(=O)(COC(C)Cc1ccc(C(=O)NC(N)=[NH2+])[nH]1)OCOC(=O)OC(C)C. The monoisotopic (exact) mass is 537 g/mol. The minimum absolute atomic E-state index is 0.221. The molecule has 0 saturated heterocycles. The molecule has 1 aromatic rings. The maximum atomic E-state index is 13.1. The third-order valence-electron chi connectivity index (χ3n) is 3.79. The second-order valence-corrected chi connectivity index (χ2v) is 9.84. The predicted octanol–water partition coefficient (Wildman–Crippen LogP) is 0.988. The molecule has 0 aliphatic carbocycles. The Bertz CT molecular complexity index is 903. The van der Waals surface area contributed by atoms with Gasteiger partial charge in [0.2, 0.25) is 13.6 Å². The maximum Gasteiger partial charge on any atom is 0.510 e. The number of carbonyl (C=O) groups is 3. The molecular weight excluding hydrogens is 503 g/mol. The van der Waals surface area contributed by atoms with Crippen LogP contribution in [0, 0.1) is 0 Å². The van der Waals surface area contributed by atoms with Crippen molar-refractivity contribution in [2.45, 2.75) is 59.4 Å². The fourth-order valence-corrected chi connectivity index (χ4v) is 3.44. The van der Waals surface area contributed by atoms with Crippen LogP contribution < -0.4 is 16.5 Å². The Morgan fingerprint density at radius 3 is 2.00 bits per heavy atom. The number of guanidine groups is 1. The average Bonchev–Trinajstić information content (AvgIpc) is 3.19. The van der Waals surface area contributed by atoms with E-state index in [0.717, 1.165) is 0 Å². The third kappa shape index (κ3) is 13.1. The second kappa shape index (κ2) is 15.1. The van der Waals surface area contributed by atoms with Crippen LogP contribution in [0.3, 0.4) is 0 Å². The maximum absolute atomic E-state index is 13.1.